The number of benzene rings is 1. The molecule has 0 unspecified atom stereocenters. The first kappa shape index (κ1) is 23.7. The number of hydrogen-bond acceptors (Lipinski definition) is 7. The van der Waals surface area contributed by atoms with Gasteiger partial charge in [-0.2, -0.15) is 0 Å². The molecule has 3 heterocycles. The summed E-state index contributed by atoms with van der Waals surface area (Å²) in [6, 6.07) is 12.4. The smallest absolute Gasteiger partial charge is 0.273 e. The first-order valence-electron chi connectivity index (χ1n) is 11.0. The second-order valence-electron chi connectivity index (χ2n) is 7.67. The summed E-state index contributed by atoms with van der Waals surface area (Å²) in [5.41, 5.74) is 2.76. The van der Waals surface area contributed by atoms with Gasteiger partial charge < -0.3 is 4.90 Å². The van der Waals surface area contributed by atoms with Crippen molar-refractivity contribution in [2.24, 2.45) is 0 Å². The molecule has 0 bridgehead atoms. The third kappa shape index (κ3) is 5.54. The lowest BCUT2D eigenvalue weighted by atomic mass is 10.2. The van der Waals surface area contributed by atoms with E-state index in [0.717, 1.165) is 52.5 Å². The van der Waals surface area contributed by atoms with Crippen LogP contribution in [0.4, 0.5) is 0 Å². The van der Waals surface area contributed by atoms with E-state index in [0.29, 0.717) is 11.4 Å². The molecule has 0 N–H and O–H groups in total. The molecule has 33 heavy (non-hydrogen) atoms. The lowest BCUT2D eigenvalue weighted by Gasteiger charge is -2.20. The Morgan fingerprint density at radius 2 is 1.91 bits per heavy atom. The van der Waals surface area contributed by atoms with Crippen molar-refractivity contribution in [2.75, 3.05) is 13.1 Å². The van der Waals surface area contributed by atoms with Crippen LogP contribution in [0.15, 0.2) is 52.3 Å². The standard InChI is InChI=1S/C24H27N5OS3/c1-4-11-28(12-5-2)23(30)19-15-32-21(25-19)16-33-24-27-26-22(20-10-7-13-31-20)29(24)18-9-6-8-17(3)14-18/h6-10,13-15H,4-5,11-12,16H2,1-3H3. The third-order valence-electron chi connectivity index (χ3n) is 5.00. The van der Waals surface area contributed by atoms with Gasteiger partial charge in [0, 0.05) is 18.5 Å². The van der Waals surface area contributed by atoms with E-state index < -0.39 is 0 Å². The van der Waals surface area contributed by atoms with E-state index in [1.54, 1.807) is 23.1 Å². The molecule has 0 atom stereocenters. The minimum Gasteiger partial charge on any atom is -0.337 e. The van der Waals surface area contributed by atoms with Gasteiger partial charge in [-0.25, -0.2) is 4.98 Å². The minimum absolute atomic E-state index is 0.0223. The Bertz CT molecular complexity index is 1190. The molecule has 3 aromatic heterocycles. The van der Waals surface area contributed by atoms with Crippen molar-refractivity contribution in [1.29, 1.82) is 0 Å². The largest absolute Gasteiger partial charge is 0.337 e. The molecule has 0 spiro atoms. The molecule has 1 amide bonds. The van der Waals surface area contributed by atoms with Crippen molar-refractivity contribution in [3.8, 4) is 16.4 Å². The third-order valence-corrected chi connectivity index (χ3v) is 7.84. The number of thioether (sulfide) groups is 1. The molecular formula is C24H27N5OS3. The second-order valence-corrected chi connectivity index (χ2v) is 10.5. The maximum atomic E-state index is 12.9. The molecule has 0 aliphatic rings. The molecule has 4 rings (SSSR count). The van der Waals surface area contributed by atoms with E-state index in [4.69, 9.17) is 0 Å². The lowest BCUT2D eigenvalue weighted by Crippen LogP contribution is -2.32. The highest BCUT2D eigenvalue weighted by Crippen LogP contribution is 2.32. The summed E-state index contributed by atoms with van der Waals surface area (Å²) in [5.74, 6) is 1.49. The highest BCUT2D eigenvalue weighted by atomic mass is 32.2. The average molecular weight is 498 g/mol. The number of carbonyl (C=O) groups is 1. The van der Waals surface area contributed by atoms with E-state index in [2.05, 4.69) is 64.8 Å². The number of hydrogen-bond donors (Lipinski definition) is 0. The van der Waals surface area contributed by atoms with Crippen LogP contribution in [-0.4, -0.2) is 43.6 Å². The quantitative estimate of drug-likeness (QED) is 0.240. The topological polar surface area (TPSA) is 63.9 Å². The summed E-state index contributed by atoms with van der Waals surface area (Å²) < 4.78 is 2.10. The van der Waals surface area contributed by atoms with Crippen LogP contribution in [0.1, 0.15) is 47.7 Å². The van der Waals surface area contributed by atoms with E-state index in [1.807, 2.05) is 27.8 Å². The van der Waals surface area contributed by atoms with Crippen molar-refractivity contribution < 1.29 is 4.79 Å². The fourth-order valence-electron chi connectivity index (χ4n) is 3.55. The molecule has 0 radical (unpaired) electrons. The lowest BCUT2D eigenvalue weighted by molar-refractivity contribution is 0.0750. The molecule has 4 aromatic rings. The fourth-order valence-corrected chi connectivity index (χ4v) is 5.98. The number of nitrogens with zero attached hydrogens (tertiary/aromatic N) is 5. The summed E-state index contributed by atoms with van der Waals surface area (Å²) in [6.45, 7) is 7.79. The van der Waals surface area contributed by atoms with Crippen LogP contribution in [0, 0.1) is 6.92 Å². The van der Waals surface area contributed by atoms with Gasteiger partial charge in [0.1, 0.15) is 10.7 Å². The molecule has 0 fully saturated rings. The SMILES string of the molecule is CCCN(CCC)C(=O)c1csc(CSc2nnc(-c3cccs3)n2-c2cccc(C)c2)n1. The molecule has 0 saturated heterocycles. The van der Waals surface area contributed by atoms with Crippen molar-refractivity contribution in [3.05, 3.63) is 63.4 Å². The first-order chi connectivity index (χ1) is 16.1. The summed E-state index contributed by atoms with van der Waals surface area (Å²) in [4.78, 5) is 20.5. The van der Waals surface area contributed by atoms with Gasteiger partial charge in [0.05, 0.1) is 16.3 Å². The van der Waals surface area contributed by atoms with Crippen LogP contribution in [-0.2, 0) is 5.75 Å². The zero-order valence-electron chi connectivity index (χ0n) is 19.0. The van der Waals surface area contributed by atoms with Gasteiger partial charge in [0.2, 0.25) is 0 Å². The summed E-state index contributed by atoms with van der Waals surface area (Å²) in [6.07, 6.45) is 1.89. The van der Waals surface area contributed by atoms with Gasteiger partial charge in [-0.3, -0.25) is 9.36 Å². The number of rotatable bonds is 10. The number of aryl methyl sites for hydroxylation is 1. The second kappa shape index (κ2) is 11.1. The van der Waals surface area contributed by atoms with Gasteiger partial charge in [0.25, 0.3) is 5.91 Å². The Labute approximate surface area is 206 Å². The average Bonchev–Trinajstić information content (AvgIpc) is 3.57. The van der Waals surface area contributed by atoms with Crippen molar-refractivity contribution in [1.82, 2.24) is 24.6 Å². The fraction of sp³-hybridized carbons (Fsp3) is 0.333. The van der Waals surface area contributed by atoms with Gasteiger partial charge in [0.15, 0.2) is 11.0 Å². The van der Waals surface area contributed by atoms with E-state index >= 15 is 0 Å². The maximum absolute atomic E-state index is 12.9. The zero-order valence-corrected chi connectivity index (χ0v) is 21.5. The molecule has 172 valence electrons. The van der Waals surface area contributed by atoms with Crippen LogP contribution in [0.3, 0.4) is 0 Å². The predicted octanol–water partition coefficient (Wildman–Crippen LogP) is 6.32. The van der Waals surface area contributed by atoms with E-state index in [9.17, 15) is 4.79 Å². The van der Waals surface area contributed by atoms with Crippen LogP contribution in [0.25, 0.3) is 16.4 Å². The maximum Gasteiger partial charge on any atom is 0.273 e. The molecular weight excluding hydrogens is 470 g/mol. The summed E-state index contributed by atoms with van der Waals surface area (Å²) in [5, 5.41) is 14.6. The Hall–Kier alpha value is -2.49. The Morgan fingerprint density at radius 1 is 1.09 bits per heavy atom. The van der Waals surface area contributed by atoms with Crippen LogP contribution < -0.4 is 0 Å². The number of carbonyl (C=O) groups excluding carboxylic acids is 1. The highest BCUT2D eigenvalue weighted by molar-refractivity contribution is 7.98. The molecule has 9 heteroatoms. The Kier molecular flexibility index (Phi) is 7.95. The van der Waals surface area contributed by atoms with E-state index in [-0.39, 0.29) is 5.91 Å². The van der Waals surface area contributed by atoms with Gasteiger partial charge >= 0.3 is 0 Å². The van der Waals surface area contributed by atoms with Crippen LogP contribution >= 0.6 is 34.4 Å². The molecule has 0 saturated carbocycles. The normalized spacial score (nSPS) is 11.1. The van der Waals surface area contributed by atoms with Crippen LogP contribution in [0.5, 0.6) is 0 Å². The predicted molar refractivity (Wildman–Crippen MR) is 138 cm³/mol. The zero-order chi connectivity index (χ0) is 23.2. The van der Waals surface area contributed by atoms with Crippen molar-refractivity contribution in [2.45, 2.75) is 44.5 Å². The number of thiazole rings is 1. The Morgan fingerprint density at radius 3 is 2.61 bits per heavy atom. The highest BCUT2D eigenvalue weighted by Gasteiger charge is 2.20. The van der Waals surface area contributed by atoms with Crippen LogP contribution in [0.2, 0.25) is 0 Å². The monoisotopic (exact) mass is 497 g/mol. The molecule has 6 nitrogen and oxygen atoms in total. The molecule has 0 aliphatic carbocycles. The number of thiophene rings is 1. The van der Waals surface area contributed by atoms with Crippen molar-refractivity contribution in [3.63, 3.8) is 0 Å². The van der Waals surface area contributed by atoms with Gasteiger partial charge in [-0.1, -0.05) is 43.8 Å². The van der Waals surface area contributed by atoms with E-state index in [1.165, 1.54) is 16.9 Å². The first-order valence-corrected chi connectivity index (χ1v) is 13.8. The van der Waals surface area contributed by atoms with Crippen molar-refractivity contribution >= 4 is 40.3 Å². The molecule has 0 aliphatic heterocycles. The molecule has 1 aromatic carbocycles. The van der Waals surface area contributed by atoms with Gasteiger partial charge in [-0.15, -0.1) is 32.9 Å². The Balaban J connectivity index is 1.55. The number of amides is 1. The minimum atomic E-state index is 0.0223. The summed E-state index contributed by atoms with van der Waals surface area (Å²) in [7, 11) is 0. The number of aromatic nitrogens is 4. The summed E-state index contributed by atoms with van der Waals surface area (Å²) >= 11 is 4.76. The van der Waals surface area contributed by atoms with Gasteiger partial charge in [-0.05, 0) is 48.9 Å².